The zero-order valence-corrected chi connectivity index (χ0v) is 12.8. The van der Waals surface area contributed by atoms with E-state index in [1.807, 2.05) is 30.3 Å². The van der Waals surface area contributed by atoms with Gasteiger partial charge in [-0.05, 0) is 30.2 Å². The molecule has 3 rings (SSSR count). The van der Waals surface area contributed by atoms with Gasteiger partial charge in [0, 0.05) is 22.0 Å². The van der Waals surface area contributed by atoms with Gasteiger partial charge in [-0.25, -0.2) is 0 Å². The van der Waals surface area contributed by atoms with E-state index in [4.69, 9.17) is 27.9 Å². The molecule has 0 saturated heterocycles. The van der Waals surface area contributed by atoms with Crippen LogP contribution in [0.1, 0.15) is 17.5 Å². The number of hydrogen-bond acceptors (Lipinski definition) is 2. The number of rotatable bonds is 2. The molecule has 1 heterocycles. The van der Waals surface area contributed by atoms with Gasteiger partial charge in [-0.15, -0.1) is 0 Å². The van der Waals surface area contributed by atoms with E-state index in [2.05, 4.69) is 6.07 Å². The van der Waals surface area contributed by atoms with Gasteiger partial charge < -0.3 is 4.74 Å². The standard InChI is InChI=1S/C17H13Cl2NO/c18-14-5-3-6-15(19)12(14)10-17(11-20)8-9-21-16-7-2-1-4-13(16)17/h1-7H,8-10H2. The van der Waals surface area contributed by atoms with Gasteiger partial charge in [-0.3, -0.25) is 0 Å². The van der Waals surface area contributed by atoms with E-state index in [1.54, 1.807) is 12.1 Å². The van der Waals surface area contributed by atoms with Gasteiger partial charge in [0.15, 0.2) is 0 Å². The van der Waals surface area contributed by atoms with Crippen LogP contribution < -0.4 is 4.74 Å². The maximum atomic E-state index is 9.84. The fraction of sp³-hybridized carbons (Fsp3) is 0.235. The lowest BCUT2D eigenvalue weighted by Crippen LogP contribution is -2.34. The second kappa shape index (κ2) is 5.60. The van der Waals surface area contributed by atoms with Gasteiger partial charge in [0.2, 0.25) is 0 Å². The van der Waals surface area contributed by atoms with E-state index in [9.17, 15) is 5.26 Å². The predicted octanol–water partition coefficient (Wildman–Crippen LogP) is 4.78. The smallest absolute Gasteiger partial charge is 0.124 e. The van der Waals surface area contributed by atoms with Crippen LogP contribution in [0.25, 0.3) is 0 Å². The minimum Gasteiger partial charge on any atom is -0.493 e. The van der Waals surface area contributed by atoms with Crippen LogP contribution in [0.5, 0.6) is 5.75 Å². The van der Waals surface area contributed by atoms with Crippen LogP contribution in [0.15, 0.2) is 42.5 Å². The third-order valence-corrected chi connectivity index (χ3v) is 4.65. The SMILES string of the molecule is N#CC1(Cc2c(Cl)cccc2Cl)CCOc2ccccc21. The van der Waals surface area contributed by atoms with Crippen molar-refractivity contribution in [3.63, 3.8) is 0 Å². The van der Waals surface area contributed by atoms with Crippen LogP contribution in [-0.4, -0.2) is 6.61 Å². The molecule has 1 aliphatic rings. The summed E-state index contributed by atoms with van der Waals surface area (Å²) < 4.78 is 5.66. The molecule has 2 nitrogen and oxygen atoms in total. The molecule has 0 spiro atoms. The van der Waals surface area contributed by atoms with Crippen molar-refractivity contribution in [2.75, 3.05) is 6.61 Å². The summed E-state index contributed by atoms with van der Waals surface area (Å²) in [6.07, 6.45) is 1.12. The molecule has 0 N–H and O–H groups in total. The molecule has 106 valence electrons. The average Bonchev–Trinajstić information content (AvgIpc) is 2.51. The Balaban J connectivity index is 2.10. The van der Waals surface area contributed by atoms with Crippen LogP contribution in [0.3, 0.4) is 0 Å². The number of ether oxygens (including phenoxy) is 1. The second-order valence-electron chi connectivity index (χ2n) is 5.17. The van der Waals surface area contributed by atoms with Gasteiger partial charge in [0.25, 0.3) is 0 Å². The van der Waals surface area contributed by atoms with Gasteiger partial charge >= 0.3 is 0 Å². The van der Waals surface area contributed by atoms with E-state index >= 15 is 0 Å². The molecular weight excluding hydrogens is 305 g/mol. The number of para-hydroxylation sites is 1. The van der Waals surface area contributed by atoms with Crippen molar-refractivity contribution in [2.24, 2.45) is 0 Å². The van der Waals surface area contributed by atoms with E-state index < -0.39 is 5.41 Å². The molecule has 4 heteroatoms. The summed E-state index contributed by atoms with van der Waals surface area (Å²) >= 11 is 12.5. The molecule has 2 aromatic rings. The first-order valence-corrected chi connectivity index (χ1v) is 7.48. The van der Waals surface area contributed by atoms with Crippen molar-refractivity contribution >= 4 is 23.2 Å². The molecule has 1 unspecified atom stereocenters. The molecule has 0 bridgehead atoms. The number of nitriles is 1. The van der Waals surface area contributed by atoms with Gasteiger partial charge in [-0.1, -0.05) is 47.5 Å². The number of nitrogens with zero attached hydrogens (tertiary/aromatic N) is 1. The Hall–Kier alpha value is -1.69. The number of benzene rings is 2. The highest BCUT2D eigenvalue weighted by Crippen LogP contribution is 2.42. The molecule has 0 radical (unpaired) electrons. The maximum absolute atomic E-state index is 9.84. The fourth-order valence-electron chi connectivity index (χ4n) is 2.80. The highest BCUT2D eigenvalue weighted by Gasteiger charge is 2.39. The highest BCUT2D eigenvalue weighted by molar-refractivity contribution is 6.36. The Morgan fingerprint density at radius 1 is 1.10 bits per heavy atom. The molecule has 0 amide bonds. The van der Waals surface area contributed by atoms with Crippen molar-refractivity contribution in [3.8, 4) is 11.8 Å². The van der Waals surface area contributed by atoms with Crippen molar-refractivity contribution in [3.05, 3.63) is 63.6 Å². The summed E-state index contributed by atoms with van der Waals surface area (Å²) in [5.74, 6) is 0.772. The van der Waals surface area contributed by atoms with E-state index in [0.29, 0.717) is 29.5 Å². The summed E-state index contributed by atoms with van der Waals surface area (Å²) in [7, 11) is 0. The first kappa shape index (κ1) is 14.3. The lowest BCUT2D eigenvalue weighted by atomic mass is 9.73. The van der Waals surface area contributed by atoms with Crippen LogP contribution in [0.2, 0.25) is 10.0 Å². The summed E-state index contributed by atoms with van der Waals surface area (Å²) in [6, 6.07) is 15.6. The molecule has 2 aromatic carbocycles. The Labute approximate surface area is 133 Å². The Bertz CT molecular complexity index is 703. The van der Waals surface area contributed by atoms with Crippen LogP contribution in [0, 0.1) is 11.3 Å². The van der Waals surface area contributed by atoms with Crippen molar-refractivity contribution in [2.45, 2.75) is 18.3 Å². The van der Waals surface area contributed by atoms with Crippen LogP contribution in [-0.2, 0) is 11.8 Å². The third-order valence-electron chi connectivity index (χ3n) is 3.94. The zero-order chi connectivity index (χ0) is 14.9. The van der Waals surface area contributed by atoms with Gasteiger partial charge in [-0.2, -0.15) is 5.26 Å². The normalized spacial score (nSPS) is 20.2. The lowest BCUT2D eigenvalue weighted by molar-refractivity contribution is 0.241. The van der Waals surface area contributed by atoms with E-state index in [1.165, 1.54) is 0 Å². The van der Waals surface area contributed by atoms with E-state index in [-0.39, 0.29) is 0 Å². The topological polar surface area (TPSA) is 33.0 Å². The monoisotopic (exact) mass is 317 g/mol. The molecule has 0 saturated carbocycles. The van der Waals surface area contributed by atoms with Gasteiger partial charge in [0.05, 0.1) is 18.1 Å². The Morgan fingerprint density at radius 3 is 2.52 bits per heavy atom. The molecule has 0 aromatic heterocycles. The highest BCUT2D eigenvalue weighted by atomic mass is 35.5. The Morgan fingerprint density at radius 2 is 1.81 bits per heavy atom. The molecule has 21 heavy (non-hydrogen) atoms. The summed E-state index contributed by atoms with van der Waals surface area (Å²) in [6.45, 7) is 0.520. The lowest BCUT2D eigenvalue weighted by Gasteiger charge is -2.33. The average molecular weight is 318 g/mol. The molecular formula is C17H13Cl2NO. The van der Waals surface area contributed by atoms with Crippen molar-refractivity contribution in [1.82, 2.24) is 0 Å². The molecule has 0 aliphatic carbocycles. The molecule has 1 atom stereocenters. The first-order valence-electron chi connectivity index (χ1n) is 6.73. The minimum atomic E-state index is -0.649. The fourth-order valence-corrected chi connectivity index (χ4v) is 3.33. The quantitative estimate of drug-likeness (QED) is 0.798. The zero-order valence-electron chi connectivity index (χ0n) is 11.3. The third kappa shape index (κ3) is 2.48. The summed E-state index contributed by atoms with van der Waals surface area (Å²) in [5, 5.41) is 11.0. The number of hydrogen-bond donors (Lipinski definition) is 0. The number of halogens is 2. The van der Waals surface area contributed by atoms with Crippen molar-refractivity contribution in [1.29, 1.82) is 5.26 Å². The number of fused-ring (bicyclic) bond motifs is 1. The van der Waals surface area contributed by atoms with Crippen molar-refractivity contribution < 1.29 is 4.74 Å². The summed E-state index contributed by atoms with van der Waals surface area (Å²) in [5.41, 5.74) is 1.08. The first-order chi connectivity index (χ1) is 10.2. The van der Waals surface area contributed by atoms with Gasteiger partial charge in [0.1, 0.15) is 5.75 Å². The van der Waals surface area contributed by atoms with Crippen LogP contribution >= 0.6 is 23.2 Å². The second-order valence-corrected chi connectivity index (χ2v) is 5.98. The minimum absolute atomic E-state index is 0.488. The van der Waals surface area contributed by atoms with Crippen LogP contribution in [0.4, 0.5) is 0 Å². The largest absolute Gasteiger partial charge is 0.493 e. The van der Waals surface area contributed by atoms with E-state index in [0.717, 1.165) is 16.9 Å². The predicted molar refractivity (Wildman–Crippen MR) is 84.0 cm³/mol. The molecule has 0 fully saturated rings. The molecule has 1 aliphatic heterocycles. The Kier molecular flexibility index (Phi) is 3.80. The maximum Gasteiger partial charge on any atom is 0.124 e. The summed E-state index contributed by atoms with van der Waals surface area (Å²) in [4.78, 5) is 0.